The molecule has 0 aliphatic carbocycles. The summed E-state index contributed by atoms with van der Waals surface area (Å²) < 4.78 is 15.2. The maximum absolute atomic E-state index is 12.7. The molecule has 6 nitrogen and oxygen atoms in total. The monoisotopic (exact) mass is 377 g/mol. The normalized spacial score (nSPS) is 17.8. The first kappa shape index (κ1) is 18.7. The molecule has 0 N–H and O–H groups in total. The lowest BCUT2D eigenvalue weighted by Gasteiger charge is -2.32. The van der Waals surface area contributed by atoms with Crippen LogP contribution in [0.4, 0.5) is 0 Å². The van der Waals surface area contributed by atoms with Gasteiger partial charge in [0.25, 0.3) is 0 Å². The van der Waals surface area contributed by atoms with Crippen LogP contribution in [-0.2, 0) is 15.9 Å². The second-order valence-electron chi connectivity index (χ2n) is 8.12. The van der Waals surface area contributed by atoms with Crippen molar-refractivity contribution in [3.8, 4) is 5.69 Å². The quantitative estimate of drug-likeness (QED) is 0.656. The van der Waals surface area contributed by atoms with Crippen molar-refractivity contribution in [1.82, 2.24) is 14.3 Å². The molecule has 1 aliphatic heterocycles. The Morgan fingerprint density at radius 3 is 2.14 bits per heavy atom. The van der Waals surface area contributed by atoms with Gasteiger partial charge in [-0.1, -0.05) is 42.5 Å². The van der Waals surface area contributed by atoms with Crippen molar-refractivity contribution in [1.29, 1.82) is 0 Å². The van der Waals surface area contributed by atoms with Crippen LogP contribution in [0.15, 0.2) is 65.7 Å². The van der Waals surface area contributed by atoms with Gasteiger partial charge in [-0.2, -0.15) is 9.78 Å². The highest BCUT2D eigenvalue weighted by atomic mass is 16.7. The average Bonchev–Trinajstić information content (AvgIpc) is 3.12. The fraction of sp³-hybridized carbons (Fsp3) is 0.333. The van der Waals surface area contributed by atoms with E-state index < -0.39 is 7.12 Å². The van der Waals surface area contributed by atoms with Gasteiger partial charge in [0.15, 0.2) is 0 Å². The number of aromatic nitrogens is 3. The summed E-state index contributed by atoms with van der Waals surface area (Å²) in [6.07, 6.45) is 1.57. The molecular weight excluding hydrogens is 353 g/mol. The van der Waals surface area contributed by atoms with Gasteiger partial charge in [0.2, 0.25) is 0 Å². The van der Waals surface area contributed by atoms with Gasteiger partial charge in [0, 0.05) is 0 Å². The Labute approximate surface area is 164 Å². The molecule has 7 heteroatoms. The lowest BCUT2D eigenvalue weighted by molar-refractivity contribution is 0.00578. The first-order chi connectivity index (χ1) is 13.3. The molecule has 0 saturated carbocycles. The predicted octanol–water partition coefficient (Wildman–Crippen LogP) is 2.38. The third kappa shape index (κ3) is 3.32. The fourth-order valence-corrected chi connectivity index (χ4v) is 3.15. The number of hydrogen-bond acceptors (Lipinski definition) is 4. The second-order valence-corrected chi connectivity index (χ2v) is 8.12. The molecule has 3 aromatic rings. The molecule has 28 heavy (non-hydrogen) atoms. The van der Waals surface area contributed by atoms with Crippen molar-refractivity contribution < 1.29 is 9.31 Å². The highest BCUT2D eigenvalue weighted by molar-refractivity contribution is 6.62. The Bertz CT molecular complexity index is 1010. The van der Waals surface area contributed by atoms with Crippen LogP contribution in [0.25, 0.3) is 5.69 Å². The third-order valence-corrected chi connectivity index (χ3v) is 5.59. The standard InChI is InChI=1S/C21H24BN3O3/c1-20(2)21(3,4)28-22(27-20)17-10-12-18(13-11-17)25-19(26)24(15-23-25)14-16-8-6-5-7-9-16/h5-13,15H,14H2,1-4H3. The van der Waals surface area contributed by atoms with Crippen molar-refractivity contribution in [3.63, 3.8) is 0 Å². The van der Waals surface area contributed by atoms with Gasteiger partial charge in [-0.25, -0.2) is 4.79 Å². The molecule has 1 fully saturated rings. The number of rotatable bonds is 4. The third-order valence-electron chi connectivity index (χ3n) is 5.59. The van der Waals surface area contributed by atoms with Gasteiger partial charge in [-0.3, -0.25) is 4.57 Å². The molecule has 0 unspecified atom stereocenters. The summed E-state index contributed by atoms with van der Waals surface area (Å²) in [5.41, 5.74) is 1.73. The van der Waals surface area contributed by atoms with Crippen molar-refractivity contribution in [2.75, 3.05) is 0 Å². The van der Waals surface area contributed by atoms with Crippen molar-refractivity contribution >= 4 is 12.6 Å². The minimum atomic E-state index is -0.425. The molecule has 1 aromatic heterocycles. The number of benzene rings is 2. The lowest BCUT2D eigenvalue weighted by atomic mass is 9.79. The SMILES string of the molecule is CC1(C)OB(c2ccc(-n3ncn(Cc4ccccc4)c3=O)cc2)OC1(C)C. The molecule has 0 spiro atoms. The molecule has 0 bridgehead atoms. The summed E-state index contributed by atoms with van der Waals surface area (Å²) in [5, 5.41) is 4.26. The van der Waals surface area contributed by atoms with Gasteiger partial charge in [0.05, 0.1) is 23.4 Å². The van der Waals surface area contributed by atoms with E-state index in [1.165, 1.54) is 4.68 Å². The molecule has 1 saturated heterocycles. The highest BCUT2D eigenvalue weighted by Gasteiger charge is 2.51. The summed E-state index contributed by atoms with van der Waals surface area (Å²) in [6, 6.07) is 17.4. The summed E-state index contributed by atoms with van der Waals surface area (Å²) in [4.78, 5) is 12.7. The van der Waals surface area contributed by atoms with Crippen LogP contribution in [0, 0.1) is 0 Å². The van der Waals surface area contributed by atoms with Gasteiger partial charge >= 0.3 is 12.8 Å². The van der Waals surface area contributed by atoms with Crippen LogP contribution >= 0.6 is 0 Å². The first-order valence-electron chi connectivity index (χ1n) is 9.41. The zero-order chi connectivity index (χ0) is 19.9. The van der Waals surface area contributed by atoms with E-state index >= 15 is 0 Å². The van der Waals surface area contributed by atoms with E-state index in [0.717, 1.165) is 11.0 Å². The molecule has 0 atom stereocenters. The average molecular weight is 377 g/mol. The Balaban J connectivity index is 1.55. The van der Waals surface area contributed by atoms with Gasteiger partial charge in [0.1, 0.15) is 6.33 Å². The maximum Gasteiger partial charge on any atom is 0.494 e. The first-order valence-corrected chi connectivity index (χ1v) is 9.41. The van der Waals surface area contributed by atoms with Gasteiger partial charge < -0.3 is 9.31 Å². The van der Waals surface area contributed by atoms with E-state index in [2.05, 4.69) is 5.10 Å². The summed E-state index contributed by atoms with van der Waals surface area (Å²) in [7, 11) is -0.425. The molecule has 1 aliphatic rings. The molecule has 0 radical (unpaired) electrons. The molecule has 2 heterocycles. The Morgan fingerprint density at radius 1 is 0.929 bits per heavy atom. The molecule has 144 valence electrons. The largest absolute Gasteiger partial charge is 0.494 e. The lowest BCUT2D eigenvalue weighted by Crippen LogP contribution is -2.41. The van der Waals surface area contributed by atoms with Crippen LogP contribution in [0.3, 0.4) is 0 Å². The molecule has 2 aromatic carbocycles. The smallest absolute Gasteiger partial charge is 0.399 e. The van der Waals surface area contributed by atoms with Crippen molar-refractivity contribution in [3.05, 3.63) is 77.0 Å². The number of hydrogen-bond donors (Lipinski definition) is 0. The maximum atomic E-state index is 12.7. The minimum absolute atomic E-state index is 0.174. The molecule has 0 amide bonds. The van der Waals surface area contributed by atoms with E-state index in [9.17, 15) is 4.79 Å². The zero-order valence-corrected chi connectivity index (χ0v) is 16.6. The van der Waals surface area contributed by atoms with E-state index in [4.69, 9.17) is 9.31 Å². The van der Waals surface area contributed by atoms with E-state index in [0.29, 0.717) is 12.2 Å². The molecular formula is C21H24BN3O3. The Kier molecular flexibility index (Phi) is 4.52. The molecule has 4 rings (SSSR count). The van der Waals surface area contributed by atoms with Crippen LogP contribution in [-0.4, -0.2) is 32.7 Å². The Hall–Kier alpha value is -2.64. The van der Waals surface area contributed by atoms with Gasteiger partial charge in [-0.15, -0.1) is 0 Å². The predicted molar refractivity (Wildman–Crippen MR) is 109 cm³/mol. The van der Waals surface area contributed by atoms with Crippen LogP contribution < -0.4 is 11.2 Å². The fourth-order valence-electron chi connectivity index (χ4n) is 3.15. The summed E-state index contributed by atoms with van der Waals surface area (Å²) in [5.74, 6) is 0. The highest BCUT2D eigenvalue weighted by Crippen LogP contribution is 2.36. The van der Waals surface area contributed by atoms with E-state index in [-0.39, 0.29) is 16.9 Å². The zero-order valence-electron chi connectivity index (χ0n) is 16.6. The van der Waals surface area contributed by atoms with Crippen LogP contribution in [0.5, 0.6) is 0 Å². The minimum Gasteiger partial charge on any atom is -0.399 e. The van der Waals surface area contributed by atoms with Crippen molar-refractivity contribution in [2.45, 2.75) is 45.4 Å². The van der Waals surface area contributed by atoms with E-state index in [1.807, 2.05) is 82.3 Å². The van der Waals surface area contributed by atoms with Crippen molar-refractivity contribution in [2.24, 2.45) is 0 Å². The van der Waals surface area contributed by atoms with Crippen LogP contribution in [0.2, 0.25) is 0 Å². The summed E-state index contributed by atoms with van der Waals surface area (Å²) in [6.45, 7) is 8.60. The van der Waals surface area contributed by atoms with E-state index in [1.54, 1.807) is 10.9 Å². The second kappa shape index (κ2) is 6.76. The van der Waals surface area contributed by atoms with Crippen LogP contribution in [0.1, 0.15) is 33.3 Å². The topological polar surface area (TPSA) is 58.3 Å². The number of nitrogens with zero attached hydrogens (tertiary/aromatic N) is 3. The summed E-state index contributed by atoms with van der Waals surface area (Å²) >= 11 is 0. The Morgan fingerprint density at radius 2 is 1.54 bits per heavy atom. The van der Waals surface area contributed by atoms with Gasteiger partial charge in [-0.05, 0) is 50.9 Å².